The van der Waals surface area contributed by atoms with Crippen molar-refractivity contribution in [2.45, 2.75) is 102 Å². The largest absolute Gasteiger partial charge is 0.454 e. The monoisotopic (exact) mass is 644 g/mol. The molecule has 1 saturated carbocycles. The molecule has 3 unspecified atom stereocenters. The molecular formula is C28H36O15S. The van der Waals surface area contributed by atoms with Crippen LogP contribution in [-0.4, -0.2) is 87.0 Å². The van der Waals surface area contributed by atoms with E-state index in [1.54, 1.807) is 19.1 Å². The number of ether oxygens (including phenoxy) is 6. The van der Waals surface area contributed by atoms with Crippen LogP contribution in [-0.2, 0) is 71.5 Å². The second-order valence-electron chi connectivity index (χ2n) is 10.0. The first-order valence-corrected chi connectivity index (χ1v) is 14.8. The number of rotatable bonds is 12. The van der Waals surface area contributed by atoms with E-state index in [9.17, 15) is 37.2 Å². The predicted octanol–water partition coefficient (Wildman–Crippen LogP) is 1.45. The van der Waals surface area contributed by atoms with Crippen LogP contribution < -0.4 is 0 Å². The first kappa shape index (κ1) is 36.1. The molecule has 0 bridgehead atoms. The van der Waals surface area contributed by atoms with E-state index in [0.29, 0.717) is 0 Å². The molecule has 0 saturated heterocycles. The summed E-state index contributed by atoms with van der Waals surface area (Å²) in [5.41, 5.74) is -1.48. The van der Waals surface area contributed by atoms with Crippen molar-refractivity contribution < 1.29 is 69.8 Å². The zero-order chi connectivity index (χ0) is 33.4. The van der Waals surface area contributed by atoms with Gasteiger partial charge in [0.25, 0.3) is 10.1 Å². The van der Waals surface area contributed by atoms with E-state index in [2.05, 4.69) is 0 Å². The maximum absolute atomic E-state index is 12.8. The van der Waals surface area contributed by atoms with Gasteiger partial charge < -0.3 is 28.4 Å². The molecule has 2 rings (SSSR count). The molecule has 0 spiro atoms. The fourth-order valence-electron chi connectivity index (χ4n) is 4.92. The van der Waals surface area contributed by atoms with Crippen molar-refractivity contribution in [3.05, 3.63) is 29.8 Å². The third-order valence-electron chi connectivity index (χ3n) is 6.29. The number of hydrogen-bond acceptors (Lipinski definition) is 15. The normalized spacial score (nSPS) is 24.8. The lowest BCUT2D eigenvalue weighted by atomic mass is 9.71. The van der Waals surface area contributed by atoms with Gasteiger partial charge in [-0.25, -0.2) is 0 Å². The van der Waals surface area contributed by atoms with E-state index >= 15 is 0 Å². The molecule has 16 heteroatoms. The Bertz CT molecular complexity index is 1310. The zero-order valence-corrected chi connectivity index (χ0v) is 26.2. The Morgan fingerprint density at radius 2 is 1.05 bits per heavy atom. The molecule has 15 nitrogen and oxygen atoms in total. The van der Waals surface area contributed by atoms with Gasteiger partial charge in [0.2, 0.25) is 0 Å². The SMILES string of the molecule is CC(=O)OC1C(OC(C)=O)[C@](CCCOS(=O)(=O)c2ccc(C)cc2)(OC(C)=O)[C@@H](OC(C)=O)C(OC(C)=O)[C@H]1OC(C)=O. The van der Waals surface area contributed by atoms with Gasteiger partial charge in [0, 0.05) is 41.5 Å². The van der Waals surface area contributed by atoms with E-state index in [1.807, 2.05) is 0 Å². The van der Waals surface area contributed by atoms with Crippen molar-refractivity contribution in [2.75, 3.05) is 6.61 Å². The highest BCUT2D eigenvalue weighted by Gasteiger charge is 2.68. The average molecular weight is 645 g/mol. The van der Waals surface area contributed by atoms with Crippen LogP contribution in [0.4, 0.5) is 0 Å². The molecule has 0 amide bonds. The smallest absolute Gasteiger partial charge is 0.303 e. The van der Waals surface area contributed by atoms with Crippen LogP contribution in [0, 0.1) is 6.92 Å². The van der Waals surface area contributed by atoms with Gasteiger partial charge in [0.1, 0.15) is 0 Å². The standard InChI is InChI=1S/C28H36O15S/c1-15-9-11-22(12-10-15)44(35,36)37-14-8-13-28(43-21(7)34)26(41-19(5)32)24(39-17(3)30)23(38-16(2)29)25(40-18(4)31)27(28)42-20(6)33/h9-12,23-27H,8,13-14H2,1-7H3/t23-,24?,25?,26+,27?,28-/m1/s1. The quantitative estimate of drug-likeness (QED) is 0.137. The van der Waals surface area contributed by atoms with Gasteiger partial charge in [0.05, 0.1) is 11.5 Å². The molecule has 1 aliphatic rings. The topological polar surface area (TPSA) is 201 Å². The zero-order valence-electron chi connectivity index (χ0n) is 25.3. The molecule has 0 radical (unpaired) electrons. The maximum atomic E-state index is 12.8. The van der Waals surface area contributed by atoms with Gasteiger partial charge >= 0.3 is 35.8 Å². The van der Waals surface area contributed by atoms with Gasteiger partial charge in [-0.15, -0.1) is 0 Å². The first-order chi connectivity index (χ1) is 20.4. The van der Waals surface area contributed by atoms with Crippen molar-refractivity contribution in [3.8, 4) is 0 Å². The van der Waals surface area contributed by atoms with Crippen LogP contribution in [0.3, 0.4) is 0 Å². The molecule has 1 fully saturated rings. The van der Waals surface area contributed by atoms with E-state index in [4.69, 9.17) is 32.6 Å². The Hall–Kier alpha value is -4.05. The Kier molecular flexibility index (Phi) is 12.4. The summed E-state index contributed by atoms with van der Waals surface area (Å²) in [6.45, 7) is 7.20. The van der Waals surface area contributed by atoms with E-state index in [-0.39, 0.29) is 11.3 Å². The lowest BCUT2D eigenvalue weighted by molar-refractivity contribution is -0.291. The minimum atomic E-state index is -4.24. The van der Waals surface area contributed by atoms with Gasteiger partial charge in [0.15, 0.2) is 36.1 Å². The summed E-state index contributed by atoms with van der Waals surface area (Å²) in [5, 5.41) is 0. The second-order valence-corrected chi connectivity index (χ2v) is 11.6. The first-order valence-electron chi connectivity index (χ1n) is 13.4. The molecule has 0 N–H and O–H groups in total. The molecule has 44 heavy (non-hydrogen) atoms. The summed E-state index contributed by atoms with van der Waals surface area (Å²) in [6.07, 6.45) is -9.65. The number of aryl methyl sites for hydroxylation is 1. The lowest BCUT2D eigenvalue weighted by Gasteiger charge is -2.53. The van der Waals surface area contributed by atoms with Crippen LogP contribution in [0.15, 0.2) is 29.2 Å². The number of esters is 6. The average Bonchev–Trinajstić information content (AvgIpc) is 2.87. The van der Waals surface area contributed by atoms with Crippen molar-refractivity contribution in [1.82, 2.24) is 0 Å². The molecule has 0 heterocycles. The van der Waals surface area contributed by atoms with Crippen molar-refractivity contribution in [3.63, 3.8) is 0 Å². The Morgan fingerprint density at radius 3 is 1.43 bits per heavy atom. The van der Waals surface area contributed by atoms with Crippen LogP contribution in [0.2, 0.25) is 0 Å². The fourth-order valence-corrected chi connectivity index (χ4v) is 5.86. The van der Waals surface area contributed by atoms with Crippen LogP contribution >= 0.6 is 0 Å². The molecule has 6 atom stereocenters. The summed E-state index contributed by atoms with van der Waals surface area (Å²) < 4.78 is 63.5. The molecule has 0 aliphatic heterocycles. The number of hydrogen-bond donors (Lipinski definition) is 0. The summed E-state index contributed by atoms with van der Waals surface area (Å²) in [4.78, 5) is 73.8. The molecule has 1 aromatic carbocycles. The number of carbonyl (C=O) groups is 6. The van der Waals surface area contributed by atoms with Crippen LogP contribution in [0.1, 0.15) is 59.9 Å². The van der Waals surface area contributed by atoms with E-state index in [0.717, 1.165) is 47.1 Å². The van der Waals surface area contributed by atoms with Crippen molar-refractivity contribution in [2.24, 2.45) is 0 Å². The van der Waals surface area contributed by atoms with E-state index < -0.39 is 95.1 Å². The van der Waals surface area contributed by atoms with Gasteiger partial charge in [-0.05, 0) is 31.9 Å². The highest BCUT2D eigenvalue weighted by Crippen LogP contribution is 2.44. The fraction of sp³-hybridized carbons (Fsp3) is 0.571. The van der Waals surface area contributed by atoms with Gasteiger partial charge in [-0.2, -0.15) is 8.42 Å². The van der Waals surface area contributed by atoms with Crippen molar-refractivity contribution in [1.29, 1.82) is 0 Å². The van der Waals surface area contributed by atoms with Crippen molar-refractivity contribution >= 4 is 45.9 Å². The molecule has 244 valence electrons. The summed E-state index contributed by atoms with van der Waals surface area (Å²) >= 11 is 0. The Morgan fingerprint density at radius 1 is 0.636 bits per heavy atom. The third-order valence-corrected chi connectivity index (χ3v) is 7.62. The third kappa shape index (κ3) is 9.47. The van der Waals surface area contributed by atoms with Crippen LogP contribution in [0.5, 0.6) is 0 Å². The molecule has 0 aromatic heterocycles. The maximum Gasteiger partial charge on any atom is 0.303 e. The molecular weight excluding hydrogens is 608 g/mol. The van der Waals surface area contributed by atoms with Crippen LogP contribution in [0.25, 0.3) is 0 Å². The number of benzene rings is 1. The minimum Gasteiger partial charge on any atom is -0.454 e. The Labute approximate surface area is 254 Å². The highest BCUT2D eigenvalue weighted by atomic mass is 32.2. The summed E-state index contributed by atoms with van der Waals surface area (Å²) in [6, 6.07) is 5.85. The molecule has 1 aliphatic carbocycles. The minimum absolute atomic E-state index is 0.125. The Balaban J connectivity index is 2.71. The molecule has 1 aromatic rings. The summed E-state index contributed by atoms with van der Waals surface area (Å²) in [7, 11) is -4.24. The summed E-state index contributed by atoms with van der Waals surface area (Å²) in [5.74, 6) is -5.81. The second kappa shape index (κ2) is 15.1. The van der Waals surface area contributed by atoms with Gasteiger partial charge in [-0.1, -0.05) is 17.7 Å². The predicted molar refractivity (Wildman–Crippen MR) is 146 cm³/mol. The lowest BCUT2D eigenvalue weighted by Crippen LogP contribution is -2.75. The number of carbonyl (C=O) groups excluding carboxylic acids is 6. The van der Waals surface area contributed by atoms with E-state index in [1.165, 1.54) is 12.1 Å². The van der Waals surface area contributed by atoms with Gasteiger partial charge in [-0.3, -0.25) is 33.0 Å². The highest BCUT2D eigenvalue weighted by molar-refractivity contribution is 7.86.